The van der Waals surface area contributed by atoms with Crippen LogP contribution in [0.25, 0.3) is 21.9 Å². The maximum atomic E-state index is 2.57. The molecule has 1 atom stereocenters. The third kappa shape index (κ3) is 2.88. The number of rotatable bonds is 7. The molecule has 1 unspecified atom stereocenters. The van der Waals surface area contributed by atoms with Crippen molar-refractivity contribution >= 4 is 10.8 Å². The second-order valence-electron chi connectivity index (χ2n) is 9.54. The Morgan fingerprint density at radius 2 is 1.60 bits per heavy atom. The molecule has 0 spiro atoms. The molecule has 0 aromatic heterocycles. The predicted octanol–water partition coefficient (Wildman–Crippen LogP) is 8.59. The van der Waals surface area contributed by atoms with E-state index in [4.69, 9.17) is 0 Å². The SMILES string of the molecule is CCCCCCCCC12C=CCc3c(C)ccc(c31)-c1c2cc(C)c2ccccc12. The Labute approximate surface area is 182 Å². The van der Waals surface area contributed by atoms with Gasteiger partial charge < -0.3 is 0 Å². The van der Waals surface area contributed by atoms with Crippen molar-refractivity contribution in [2.75, 3.05) is 0 Å². The molecule has 0 nitrogen and oxygen atoms in total. The number of hydrogen-bond acceptors (Lipinski definition) is 0. The van der Waals surface area contributed by atoms with Gasteiger partial charge in [-0.1, -0.05) is 100 Å². The van der Waals surface area contributed by atoms with Gasteiger partial charge in [0, 0.05) is 5.41 Å². The first kappa shape index (κ1) is 19.6. The van der Waals surface area contributed by atoms with E-state index in [9.17, 15) is 0 Å². The van der Waals surface area contributed by atoms with Gasteiger partial charge >= 0.3 is 0 Å². The minimum atomic E-state index is 0.0732. The summed E-state index contributed by atoms with van der Waals surface area (Å²) in [5.74, 6) is 0. The molecule has 0 radical (unpaired) electrons. The molecule has 0 heteroatoms. The summed E-state index contributed by atoms with van der Waals surface area (Å²) in [5, 5.41) is 2.84. The molecule has 3 aromatic carbocycles. The number of aryl methyl sites for hydroxylation is 2. The van der Waals surface area contributed by atoms with Crippen molar-refractivity contribution in [2.45, 2.75) is 77.6 Å². The molecule has 0 fully saturated rings. The first-order valence-corrected chi connectivity index (χ1v) is 12.0. The molecule has 0 saturated carbocycles. The quantitative estimate of drug-likeness (QED) is 0.278. The maximum absolute atomic E-state index is 2.57. The fourth-order valence-corrected chi connectivity index (χ4v) is 6.14. The highest BCUT2D eigenvalue weighted by molar-refractivity contribution is 6.04. The van der Waals surface area contributed by atoms with Gasteiger partial charge in [0.1, 0.15) is 0 Å². The van der Waals surface area contributed by atoms with Gasteiger partial charge in [0.2, 0.25) is 0 Å². The zero-order chi connectivity index (χ0) is 20.7. The molecule has 2 aliphatic carbocycles. The summed E-state index contributed by atoms with van der Waals surface area (Å²) in [6.07, 6.45) is 15.5. The van der Waals surface area contributed by atoms with Crippen LogP contribution in [0.15, 0.2) is 54.6 Å². The summed E-state index contributed by atoms with van der Waals surface area (Å²) in [6, 6.07) is 16.3. The van der Waals surface area contributed by atoms with Crippen LogP contribution in [0.4, 0.5) is 0 Å². The summed E-state index contributed by atoms with van der Waals surface area (Å²) in [5.41, 5.74) is 10.7. The summed E-state index contributed by atoms with van der Waals surface area (Å²) in [6.45, 7) is 6.90. The Kier molecular flexibility index (Phi) is 5.05. The molecule has 0 amide bonds. The normalized spacial score (nSPS) is 18.6. The van der Waals surface area contributed by atoms with Crippen LogP contribution < -0.4 is 0 Å². The first-order chi connectivity index (χ1) is 14.7. The molecule has 0 N–H and O–H groups in total. The van der Waals surface area contributed by atoms with Crippen molar-refractivity contribution in [3.8, 4) is 11.1 Å². The molecule has 154 valence electrons. The molecule has 0 aliphatic heterocycles. The van der Waals surface area contributed by atoms with Crippen LogP contribution in [0.1, 0.15) is 79.7 Å². The van der Waals surface area contributed by atoms with Gasteiger partial charge in [-0.25, -0.2) is 0 Å². The van der Waals surface area contributed by atoms with Crippen molar-refractivity contribution in [1.29, 1.82) is 0 Å². The Morgan fingerprint density at radius 3 is 2.43 bits per heavy atom. The van der Waals surface area contributed by atoms with E-state index in [0.29, 0.717) is 0 Å². The predicted molar refractivity (Wildman–Crippen MR) is 130 cm³/mol. The monoisotopic (exact) mass is 394 g/mol. The lowest BCUT2D eigenvalue weighted by molar-refractivity contribution is 0.511. The van der Waals surface area contributed by atoms with E-state index >= 15 is 0 Å². The van der Waals surface area contributed by atoms with Gasteiger partial charge in [-0.2, -0.15) is 0 Å². The molecular formula is C30H34. The standard InChI is InChI=1S/C30H34/c1-4-5-6-7-8-11-18-30-19-12-15-24-21(2)16-17-26(29(24)30)28-25-14-10-9-13-23(25)22(3)20-27(28)30/h9-10,12-14,16-17,19-20H,4-8,11,15,18H2,1-3H3. The number of hydrogen-bond donors (Lipinski definition) is 0. The second kappa shape index (κ2) is 7.73. The zero-order valence-corrected chi connectivity index (χ0v) is 18.9. The highest BCUT2D eigenvalue weighted by Crippen LogP contribution is 2.57. The fourth-order valence-electron chi connectivity index (χ4n) is 6.14. The summed E-state index contributed by atoms with van der Waals surface area (Å²) >= 11 is 0. The number of fused-ring (bicyclic) bond motifs is 5. The van der Waals surface area contributed by atoms with Crippen LogP contribution in [0.5, 0.6) is 0 Å². The highest BCUT2D eigenvalue weighted by Gasteiger charge is 2.44. The van der Waals surface area contributed by atoms with Gasteiger partial charge in [0.15, 0.2) is 0 Å². The van der Waals surface area contributed by atoms with Crippen LogP contribution in [0.3, 0.4) is 0 Å². The molecule has 0 bridgehead atoms. The minimum Gasteiger partial charge on any atom is -0.0829 e. The highest BCUT2D eigenvalue weighted by atomic mass is 14.5. The van der Waals surface area contributed by atoms with Crippen molar-refractivity contribution in [1.82, 2.24) is 0 Å². The molecule has 0 saturated heterocycles. The lowest BCUT2D eigenvalue weighted by atomic mass is 9.68. The Bertz CT molecular complexity index is 1130. The fraction of sp³-hybridized carbons (Fsp3) is 0.400. The first-order valence-electron chi connectivity index (χ1n) is 12.0. The van der Waals surface area contributed by atoms with Crippen LogP contribution in [-0.2, 0) is 11.8 Å². The summed E-state index contributed by atoms with van der Waals surface area (Å²) in [4.78, 5) is 0. The molecule has 5 rings (SSSR count). The maximum Gasteiger partial charge on any atom is 0.0397 e. The van der Waals surface area contributed by atoms with E-state index in [1.165, 1.54) is 78.0 Å². The van der Waals surface area contributed by atoms with E-state index < -0.39 is 0 Å². The Hall–Kier alpha value is -2.34. The smallest absolute Gasteiger partial charge is 0.0397 e. The van der Waals surface area contributed by atoms with E-state index in [1.807, 2.05) is 0 Å². The van der Waals surface area contributed by atoms with Gasteiger partial charge in [0.05, 0.1) is 0 Å². The molecule has 30 heavy (non-hydrogen) atoms. The molecule has 3 aromatic rings. The van der Waals surface area contributed by atoms with Crippen molar-refractivity contribution in [2.24, 2.45) is 0 Å². The number of benzene rings is 3. The number of unbranched alkanes of at least 4 members (excludes halogenated alkanes) is 5. The van der Waals surface area contributed by atoms with E-state index in [2.05, 4.69) is 75.4 Å². The topological polar surface area (TPSA) is 0 Å². The molecule has 2 aliphatic rings. The van der Waals surface area contributed by atoms with Crippen molar-refractivity contribution < 1.29 is 0 Å². The van der Waals surface area contributed by atoms with E-state index in [-0.39, 0.29) is 5.41 Å². The average Bonchev–Trinajstić information content (AvgIpc) is 3.04. The van der Waals surface area contributed by atoms with E-state index in [0.717, 1.165) is 6.42 Å². The third-order valence-electron chi connectivity index (χ3n) is 7.64. The van der Waals surface area contributed by atoms with Gasteiger partial charge in [-0.05, 0) is 76.4 Å². The van der Waals surface area contributed by atoms with Gasteiger partial charge in [-0.15, -0.1) is 0 Å². The molecular weight excluding hydrogens is 360 g/mol. The Morgan fingerprint density at radius 1 is 0.833 bits per heavy atom. The van der Waals surface area contributed by atoms with Gasteiger partial charge in [0.25, 0.3) is 0 Å². The van der Waals surface area contributed by atoms with E-state index in [1.54, 1.807) is 16.7 Å². The third-order valence-corrected chi connectivity index (χ3v) is 7.64. The lowest BCUT2D eigenvalue weighted by Crippen LogP contribution is -2.27. The lowest BCUT2D eigenvalue weighted by Gasteiger charge is -2.34. The summed E-state index contributed by atoms with van der Waals surface area (Å²) in [7, 11) is 0. The Balaban J connectivity index is 1.66. The van der Waals surface area contributed by atoms with Crippen molar-refractivity contribution in [3.63, 3.8) is 0 Å². The van der Waals surface area contributed by atoms with Crippen LogP contribution in [-0.4, -0.2) is 0 Å². The molecule has 0 heterocycles. The minimum absolute atomic E-state index is 0.0732. The second-order valence-corrected chi connectivity index (χ2v) is 9.54. The van der Waals surface area contributed by atoms with Crippen LogP contribution >= 0.6 is 0 Å². The average molecular weight is 395 g/mol. The van der Waals surface area contributed by atoms with Gasteiger partial charge in [-0.3, -0.25) is 0 Å². The largest absolute Gasteiger partial charge is 0.0829 e. The van der Waals surface area contributed by atoms with Crippen LogP contribution in [0.2, 0.25) is 0 Å². The summed E-state index contributed by atoms with van der Waals surface area (Å²) < 4.78 is 0. The number of allylic oxidation sites excluding steroid dienone is 2. The zero-order valence-electron chi connectivity index (χ0n) is 18.9. The van der Waals surface area contributed by atoms with Crippen LogP contribution in [0, 0.1) is 13.8 Å². The van der Waals surface area contributed by atoms with Crippen molar-refractivity contribution in [3.05, 3.63) is 82.4 Å².